The summed E-state index contributed by atoms with van der Waals surface area (Å²) in [6.45, 7) is 1.11. The zero-order chi connectivity index (χ0) is 9.97. The van der Waals surface area contributed by atoms with Crippen LogP contribution in [0.4, 0.5) is 0 Å². The first-order valence-corrected chi connectivity index (χ1v) is 4.12. The fourth-order valence-electron chi connectivity index (χ4n) is 0.935. The first-order valence-electron chi connectivity index (χ1n) is 4.12. The molecule has 1 aliphatic rings. The molecule has 6 heteroatoms. The summed E-state index contributed by atoms with van der Waals surface area (Å²) in [6, 6.07) is 0.239. The fraction of sp³-hybridized carbons (Fsp3) is 0.375. The van der Waals surface area contributed by atoms with Gasteiger partial charge in [0.2, 0.25) is 0 Å². The van der Waals surface area contributed by atoms with Crippen molar-refractivity contribution < 1.29 is 14.3 Å². The quantitative estimate of drug-likeness (QED) is 0.692. The Morgan fingerprint density at radius 3 is 2.57 bits per heavy atom. The Bertz CT molecular complexity index is 334. The molecule has 2 heterocycles. The van der Waals surface area contributed by atoms with Crippen molar-refractivity contribution in [3.05, 3.63) is 18.0 Å². The summed E-state index contributed by atoms with van der Waals surface area (Å²) in [5.74, 6) is -0.552. The zero-order valence-electron chi connectivity index (χ0n) is 7.34. The molecule has 0 atom stereocenters. The number of nitrogens with zero attached hydrogens (tertiary/aromatic N) is 2. The van der Waals surface area contributed by atoms with Crippen LogP contribution in [0.3, 0.4) is 0 Å². The molecule has 2 N–H and O–H groups in total. The van der Waals surface area contributed by atoms with Crippen molar-refractivity contribution in [2.24, 2.45) is 5.73 Å². The molecule has 1 amide bonds. The molecule has 0 aliphatic carbocycles. The maximum absolute atomic E-state index is 10.7. The van der Waals surface area contributed by atoms with Gasteiger partial charge in [-0.1, -0.05) is 0 Å². The number of primary amides is 1. The number of aromatic nitrogens is 2. The normalized spacial score (nSPS) is 16.0. The molecule has 0 radical (unpaired) electrons. The number of hydrogen-bond donors (Lipinski definition) is 1. The number of carbonyl (C=O) groups is 1. The van der Waals surface area contributed by atoms with E-state index in [-0.39, 0.29) is 17.7 Å². The van der Waals surface area contributed by atoms with Gasteiger partial charge in [-0.2, -0.15) is 0 Å². The molecule has 1 aromatic rings. The fourth-order valence-corrected chi connectivity index (χ4v) is 0.935. The van der Waals surface area contributed by atoms with Crippen molar-refractivity contribution in [3.8, 4) is 6.01 Å². The van der Waals surface area contributed by atoms with Crippen LogP contribution in [0.1, 0.15) is 10.4 Å². The van der Waals surface area contributed by atoms with Crippen molar-refractivity contribution in [3.63, 3.8) is 0 Å². The number of amides is 1. The predicted octanol–water partition coefficient (Wildman–Crippen LogP) is -0.647. The lowest BCUT2D eigenvalue weighted by Crippen LogP contribution is -2.39. The molecule has 2 rings (SSSR count). The van der Waals surface area contributed by atoms with E-state index in [4.69, 9.17) is 15.2 Å². The second-order valence-electron chi connectivity index (χ2n) is 2.90. The van der Waals surface area contributed by atoms with Crippen LogP contribution >= 0.6 is 0 Å². The van der Waals surface area contributed by atoms with Gasteiger partial charge in [-0.25, -0.2) is 9.97 Å². The monoisotopic (exact) mass is 195 g/mol. The van der Waals surface area contributed by atoms with Crippen LogP contribution in [0.5, 0.6) is 6.01 Å². The van der Waals surface area contributed by atoms with E-state index in [1.54, 1.807) is 0 Å². The highest BCUT2D eigenvalue weighted by Gasteiger charge is 2.21. The lowest BCUT2D eigenvalue weighted by Gasteiger charge is -2.25. The molecular formula is C8H9N3O3. The Balaban J connectivity index is 2.01. The largest absolute Gasteiger partial charge is 0.455 e. The van der Waals surface area contributed by atoms with Gasteiger partial charge in [-0.15, -0.1) is 0 Å². The van der Waals surface area contributed by atoms with Crippen LogP contribution < -0.4 is 10.5 Å². The summed E-state index contributed by atoms with van der Waals surface area (Å²) in [4.78, 5) is 18.3. The summed E-state index contributed by atoms with van der Waals surface area (Å²) in [7, 11) is 0. The Kier molecular flexibility index (Phi) is 2.28. The number of rotatable bonds is 3. The highest BCUT2D eigenvalue weighted by atomic mass is 16.6. The molecule has 0 aromatic carbocycles. The molecule has 6 nitrogen and oxygen atoms in total. The van der Waals surface area contributed by atoms with Crippen LogP contribution in [-0.2, 0) is 4.74 Å². The highest BCUT2D eigenvalue weighted by molar-refractivity contribution is 5.92. The minimum atomic E-state index is -0.552. The van der Waals surface area contributed by atoms with Gasteiger partial charge in [0, 0.05) is 12.4 Å². The Hall–Kier alpha value is -1.69. The molecular weight excluding hydrogens is 186 g/mol. The van der Waals surface area contributed by atoms with Gasteiger partial charge in [-0.3, -0.25) is 4.79 Å². The smallest absolute Gasteiger partial charge is 0.316 e. The van der Waals surface area contributed by atoms with Gasteiger partial charge in [0.15, 0.2) is 0 Å². The van der Waals surface area contributed by atoms with Gasteiger partial charge < -0.3 is 15.2 Å². The van der Waals surface area contributed by atoms with E-state index < -0.39 is 5.91 Å². The van der Waals surface area contributed by atoms with Crippen LogP contribution in [0.2, 0.25) is 0 Å². The Labute approximate surface area is 80.1 Å². The average molecular weight is 195 g/mol. The van der Waals surface area contributed by atoms with Crippen LogP contribution in [0.25, 0.3) is 0 Å². The molecule has 14 heavy (non-hydrogen) atoms. The molecule has 0 saturated carbocycles. The number of carbonyl (C=O) groups excluding carboxylic acids is 1. The summed E-state index contributed by atoms with van der Waals surface area (Å²) in [6.07, 6.45) is 2.70. The molecule has 1 saturated heterocycles. The molecule has 0 spiro atoms. The first-order chi connectivity index (χ1) is 6.75. The lowest BCUT2D eigenvalue weighted by molar-refractivity contribution is -0.0831. The highest BCUT2D eigenvalue weighted by Crippen LogP contribution is 2.10. The minimum Gasteiger partial charge on any atom is -0.455 e. The summed E-state index contributed by atoms with van der Waals surface area (Å²) < 4.78 is 10.2. The summed E-state index contributed by atoms with van der Waals surface area (Å²) in [5, 5.41) is 0. The predicted molar refractivity (Wildman–Crippen MR) is 45.8 cm³/mol. The van der Waals surface area contributed by atoms with Crippen LogP contribution in [-0.4, -0.2) is 35.2 Å². The molecule has 0 bridgehead atoms. The third-order valence-corrected chi connectivity index (χ3v) is 1.79. The first kappa shape index (κ1) is 8.89. The Morgan fingerprint density at radius 2 is 2.14 bits per heavy atom. The topological polar surface area (TPSA) is 87.3 Å². The van der Waals surface area contributed by atoms with E-state index in [9.17, 15) is 4.79 Å². The second-order valence-corrected chi connectivity index (χ2v) is 2.90. The van der Waals surface area contributed by atoms with Gasteiger partial charge in [0.25, 0.3) is 5.91 Å². The van der Waals surface area contributed by atoms with Gasteiger partial charge >= 0.3 is 6.01 Å². The minimum absolute atomic E-state index is 0.0226. The number of hydrogen-bond acceptors (Lipinski definition) is 5. The van der Waals surface area contributed by atoms with Crippen molar-refractivity contribution >= 4 is 5.91 Å². The molecule has 0 unspecified atom stereocenters. The van der Waals surface area contributed by atoms with Crippen molar-refractivity contribution in [2.45, 2.75) is 6.10 Å². The van der Waals surface area contributed by atoms with E-state index in [1.807, 2.05) is 0 Å². The van der Waals surface area contributed by atoms with Crippen LogP contribution in [0, 0.1) is 0 Å². The maximum Gasteiger partial charge on any atom is 0.316 e. The maximum atomic E-state index is 10.7. The standard InChI is InChI=1S/C8H9N3O3/c9-7(12)5-1-10-8(11-2-5)14-6-3-13-4-6/h1-2,6H,3-4H2,(H2,9,12). The average Bonchev–Trinajstić information content (AvgIpc) is 2.12. The third kappa shape index (κ3) is 1.80. The van der Waals surface area contributed by atoms with Crippen molar-refractivity contribution in [1.82, 2.24) is 9.97 Å². The van der Waals surface area contributed by atoms with E-state index in [2.05, 4.69) is 9.97 Å². The van der Waals surface area contributed by atoms with E-state index in [1.165, 1.54) is 12.4 Å². The SMILES string of the molecule is NC(=O)c1cnc(OC2COC2)nc1. The van der Waals surface area contributed by atoms with Gasteiger partial charge in [-0.05, 0) is 0 Å². The van der Waals surface area contributed by atoms with Gasteiger partial charge in [0.05, 0.1) is 18.8 Å². The molecule has 1 aliphatic heterocycles. The van der Waals surface area contributed by atoms with E-state index in [0.717, 1.165) is 0 Å². The number of nitrogens with two attached hydrogens (primary N) is 1. The zero-order valence-corrected chi connectivity index (χ0v) is 7.34. The molecule has 1 fully saturated rings. The molecule has 74 valence electrons. The lowest BCUT2D eigenvalue weighted by atomic mass is 10.3. The van der Waals surface area contributed by atoms with Crippen molar-refractivity contribution in [2.75, 3.05) is 13.2 Å². The molecule has 1 aromatic heterocycles. The van der Waals surface area contributed by atoms with E-state index >= 15 is 0 Å². The second kappa shape index (κ2) is 3.59. The summed E-state index contributed by atoms with van der Waals surface area (Å²) >= 11 is 0. The Morgan fingerprint density at radius 1 is 1.50 bits per heavy atom. The third-order valence-electron chi connectivity index (χ3n) is 1.79. The van der Waals surface area contributed by atoms with E-state index in [0.29, 0.717) is 13.2 Å². The van der Waals surface area contributed by atoms with Crippen LogP contribution in [0.15, 0.2) is 12.4 Å². The summed E-state index contributed by atoms with van der Waals surface area (Å²) in [5.41, 5.74) is 5.29. The number of ether oxygens (including phenoxy) is 2. The van der Waals surface area contributed by atoms with Crippen molar-refractivity contribution in [1.29, 1.82) is 0 Å². The van der Waals surface area contributed by atoms with Gasteiger partial charge in [0.1, 0.15) is 6.10 Å².